The van der Waals surface area contributed by atoms with Crippen molar-refractivity contribution in [3.05, 3.63) is 47.5 Å². The Bertz CT molecular complexity index is 760. The van der Waals surface area contributed by atoms with E-state index in [0.29, 0.717) is 23.0 Å². The lowest BCUT2D eigenvalue weighted by molar-refractivity contribution is -0.127. The van der Waals surface area contributed by atoms with E-state index in [0.717, 1.165) is 11.1 Å². The first-order valence-corrected chi connectivity index (χ1v) is 8.28. The van der Waals surface area contributed by atoms with Gasteiger partial charge in [0.05, 0.1) is 21.3 Å². The molecule has 6 heteroatoms. The summed E-state index contributed by atoms with van der Waals surface area (Å²) in [5, 5.41) is 2.86. The third-order valence-electron chi connectivity index (χ3n) is 3.91. The van der Waals surface area contributed by atoms with Crippen LogP contribution in [0.3, 0.4) is 0 Å². The number of nitrogens with one attached hydrogen (secondary N) is 1. The summed E-state index contributed by atoms with van der Waals surface area (Å²) in [5.74, 6) is 2.19. The Morgan fingerprint density at radius 1 is 1.00 bits per heavy atom. The number of hydrogen-bond donors (Lipinski definition) is 1. The highest BCUT2D eigenvalue weighted by atomic mass is 16.5. The molecule has 2 aromatic carbocycles. The zero-order valence-corrected chi connectivity index (χ0v) is 15.8. The number of carbonyl (C=O) groups excluding carboxylic acids is 1. The Balaban J connectivity index is 2.04. The maximum absolute atomic E-state index is 12.3. The summed E-state index contributed by atoms with van der Waals surface area (Å²) < 4.78 is 21.6. The highest BCUT2D eigenvalue weighted by Crippen LogP contribution is 2.34. The van der Waals surface area contributed by atoms with Crippen LogP contribution in [0.1, 0.15) is 18.1 Å². The van der Waals surface area contributed by atoms with Gasteiger partial charge >= 0.3 is 0 Å². The number of hydrogen-bond acceptors (Lipinski definition) is 5. The molecule has 0 spiro atoms. The minimum atomic E-state index is -0.622. The zero-order valence-electron chi connectivity index (χ0n) is 15.8. The predicted octanol–water partition coefficient (Wildman–Crippen LogP) is 3.10. The van der Waals surface area contributed by atoms with E-state index in [1.807, 2.05) is 31.2 Å². The molecule has 2 aromatic rings. The van der Waals surface area contributed by atoms with Gasteiger partial charge in [0.1, 0.15) is 11.5 Å². The fourth-order valence-corrected chi connectivity index (χ4v) is 2.50. The van der Waals surface area contributed by atoms with E-state index >= 15 is 0 Å². The van der Waals surface area contributed by atoms with Gasteiger partial charge in [-0.2, -0.15) is 0 Å². The van der Waals surface area contributed by atoms with Crippen LogP contribution in [-0.2, 0) is 11.3 Å². The van der Waals surface area contributed by atoms with E-state index in [4.69, 9.17) is 18.9 Å². The molecule has 0 saturated heterocycles. The molecule has 1 amide bonds. The third kappa shape index (κ3) is 4.81. The van der Waals surface area contributed by atoms with Crippen molar-refractivity contribution < 1.29 is 23.7 Å². The molecule has 0 heterocycles. The lowest BCUT2D eigenvalue weighted by atomic mass is 10.1. The van der Waals surface area contributed by atoms with Crippen molar-refractivity contribution in [3.8, 4) is 23.0 Å². The fraction of sp³-hybridized carbons (Fsp3) is 0.350. The molecule has 140 valence electrons. The molecule has 2 rings (SSSR count). The highest BCUT2D eigenvalue weighted by Gasteiger charge is 2.17. The van der Waals surface area contributed by atoms with Crippen LogP contribution in [0.2, 0.25) is 0 Å². The van der Waals surface area contributed by atoms with Gasteiger partial charge in [-0.1, -0.05) is 12.1 Å². The minimum absolute atomic E-state index is 0.219. The van der Waals surface area contributed by atoms with Crippen molar-refractivity contribution in [2.24, 2.45) is 0 Å². The summed E-state index contributed by atoms with van der Waals surface area (Å²) in [6, 6.07) is 11.1. The van der Waals surface area contributed by atoms with Gasteiger partial charge in [-0.05, 0) is 37.6 Å². The summed E-state index contributed by atoms with van der Waals surface area (Å²) in [6.45, 7) is 3.97. The van der Waals surface area contributed by atoms with Crippen molar-refractivity contribution >= 4 is 5.91 Å². The Morgan fingerprint density at radius 3 is 2.27 bits per heavy atom. The molecule has 0 fully saturated rings. The Hall–Kier alpha value is -2.89. The minimum Gasteiger partial charge on any atom is -0.496 e. The molecule has 1 unspecified atom stereocenters. The predicted molar refractivity (Wildman–Crippen MR) is 99.2 cm³/mol. The van der Waals surface area contributed by atoms with E-state index in [2.05, 4.69) is 5.32 Å². The van der Waals surface area contributed by atoms with Crippen molar-refractivity contribution in [2.45, 2.75) is 26.5 Å². The summed E-state index contributed by atoms with van der Waals surface area (Å²) in [6.07, 6.45) is -0.622. The molecule has 0 aliphatic rings. The smallest absolute Gasteiger partial charge is 0.261 e. The summed E-state index contributed by atoms with van der Waals surface area (Å²) in [5.41, 5.74) is 1.85. The van der Waals surface area contributed by atoms with Gasteiger partial charge in [0, 0.05) is 18.2 Å². The first-order valence-electron chi connectivity index (χ1n) is 8.28. The number of benzene rings is 2. The molecule has 26 heavy (non-hydrogen) atoms. The van der Waals surface area contributed by atoms with E-state index in [-0.39, 0.29) is 12.5 Å². The average molecular weight is 359 g/mol. The van der Waals surface area contributed by atoms with Gasteiger partial charge in [0.25, 0.3) is 5.91 Å². The van der Waals surface area contributed by atoms with Crippen molar-refractivity contribution in [1.29, 1.82) is 0 Å². The van der Waals surface area contributed by atoms with Crippen LogP contribution in [-0.4, -0.2) is 33.3 Å². The molecular weight excluding hydrogens is 334 g/mol. The molecule has 0 aliphatic carbocycles. The van der Waals surface area contributed by atoms with Gasteiger partial charge in [-0.15, -0.1) is 0 Å². The van der Waals surface area contributed by atoms with Crippen LogP contribution in [0.25, 0.3) is 0 Å². The van der Waals surface area contributed by atoms with Crippen LogP contribution < -0.4 is 24.3 Å². The number of methoxy groups -OCH3 is 3. The average Bonchev–Trinajstić information content (AvgIpc) is 2.65. The van der Waals surface area contributed by atoms with Crippen molar-refractivity contribution in [2.75, 3.05) is 21.3 Å². The first kappa shape index (κ1) is 19.4. The molecule has 0 saturated carbocycles. The lowest BCUT2D eigenvalue weighted by Crippen LogP contribution is -2.36. The largest absolute Gasteiger partial charge is 0.496 e. The number of amides is 1. The second-order valence-electron chi connectivity index (χ2n) is 5.81. The molecular formula is C20H25NO5. The van der Waals surface area contributed by atoms with Crippen LogP contribution in [0.5, 0.6) is 23.0 Å². The highest BCUT2D eigenvalue weighted by molar-refractivity contribution is 5.80. The zero-order chi connectivity index (χ0) is 19.1. The van der Waals surface area contributed by atoms with E-state index in [1.165, 1.54) is 0 Å². The Morgan fingerprint density at radius 2 is 1.65 bits per heavy atom. The maximum atomic E-state index is 12.3. The molecule has 1 atom stereocenters. The van der Waals surface area contributed by atoms with Gasteiger partial charge in [-0.3, -0.25) is 4.79 Å². The number of rotatable bonds is 8. The molecule has 0 bridgehead atoms. The quantitative estimate of drug-likeness (QED) is 0.784. The SMILES string of the molecule is COc1cc(OC)c(OC)cc1CNC(=O)C(C)Oc1cccc(C)c1. The van der Waals surface area contributed by atoms with Crippen LogP contribution in [0.15, 0.2) is 36.4 Å². The van der Waals surface area contributed by atoms with Crippen LogP contribution >= 0.6 is 0 Å². The van der Waals surface area contributed by atoms with E-state index in [9.17, 15) is 4.79 Å². The van der Waals surface area contributed by atoms with Gasteiger partial charge in [-0.25, -0.2) is 0 Å². The van der Waals surface area contributed by atoms with E-state index < -0.39 is 6.10 Å². The van der Waals surface area contributed by atoms with Crippen molar-refractivity contribution in [1.82, 2.24) is 5.32 Å². The fourth-order valence-electron chi connectivity index (χ4n) is 2.50. The molecule has 6 nitrogen and oxygen atoms in total. The monoisotopic (exact) mass is 359 g/mol. The van der Waals surface area contributed by atoms with Gasteiger partial charge in [0.15, 0.2) is 17.6 Å². The van der Waals surface area contributed by atoms with Gasteiger partial charge in [0.2, 0.25) is 0 Å². The van der Waals surface area contributed by atoms with Crippen LogP contribution in [0, 0.1) is 6.92 Å². The first-order chi connectivity index (χ1) is 12.5. The van der Waals surface area contributed by atoms with Crippen LogP contribution in [0.4, 0.5) is 0 Å². The third-order valence-corrected chi connectivity index (χ3v) is 3.91. The maximum Gasteiger partial charge on any atom is 0.261 e. The Kier molecular flexibility index (Phi) is 6.72. The Labute approximate surface area is 154 Å². The second kappa shape index (κ2) is 8.99. The second-order valence-corrected chi connectivity index (χ2v) is 5.81. The molecule has 0 aliphatic heterocycles. The summed E-state index contributed by atoms with van der Waals surface area (Å²) >= 11 is 0. The topological polar surface area (TPSA) is 66.0 Å². The molecule has 0 radical (unpaired) electrons. The number of aryl methyl sites for hydroxylation is 1. The molecule has 1 N–H and O–H groups in total. The summed E-state index contributed by atoms with van der Waals surface area (Å²) in [7, 11) is 4.68. The van der Waals surface area contributed by atoms with E-state index in [1.54, 1.807) is 40.4 Å². The normalized spacial score (nSPS) is 11.4. The number of carbonyl (C=O) groups is 1. The number of ether oxygens (including phenoxy) is 4. The molecule has 0 aromatic heterocycles. The summed E-state index contributed by atoms with van der Waals surface area (Å²) in [4.78, 5) is 12.3. The lowest BCUT2D eigenvalue weighted by Gasteiger charge is -2.17. The van der Waals surface area contributed by atoms with Gasteiger partial charge < -0.3 is 24.3 Å². The van der Waals surface area contributed by atoms with Crippen molar-refractivity contribution in [3.63, 3.8) is 0 Å². The standard InChI is InChI=1S/C20H25NO5/c1-13-7-6-8-16(9-13)26-14(2)20(22)21-12-15-10-18(24-4)19(25-5)11-17(15)23-3/h6-11,14H,12H2,1-5H3,(H,21,22).